The lowest BCUT2D eigenvalue weighted by molar-refractivity contribution is -0.138. The van der Waals surface area contributed by atoms with Crippen LogP contribution in [0, 0.1) is 0 Å². The molecule has 2 rings (SSSR count). The Bertz CT molecular complexity index is 558. The standard InChI is InChI=1S/C18H26N2O5/c21-17(4-5-18(22)23)19-7-6-15-2-1-3-16(14-15)25-13-10-20-8-11-24-12-9-20/h1-3,14H,4-13H2,(H,19,21)(H,22,23). The van der Waals surface area contributed by atoms with Crippen molar-refractivity contribution in [1.29, 1.82) is 0 Å². The molecule has 2 N–H and O–H groups in total. The molecule has 1 aromatic carbocycles. The van der Waals surface area contributed by atoms with Gasteiger partial charge in [-0.05, 0) is 24.1 Å². The summed E-state index contributed by atoms with van der Waals surface area (Å²) in [6.07, 6.45) is 0.553. The Balaban J connectivity index is 1.65. The number of hydrogen-bond acceptors (Lipinski definition) is 5. The molecule has 1 saturated heterocycles. The molecule has 1 aromatic rings. The SMILES string of the molecule is O=C(O)CCC(=O)NCCc1cccc(OCCN2CCOCC2)c1. The monoisotopic (exact) mass is 350 g/mol. The number of aliphatic carboxylic acids is 1. The van der Waals surface area contributed by atoms with Gasteiger partial charge in [0, 0.05) is 32.6 Å². The van der Waals surface area contributed by atoms with Crippen LogP contribution < -0.4 is 10.1 Å². The maximum absolute atomic E-state index is 11.5. The van der Waals surface area contributed by atoms with E-state index in [2.05, 4.69) is 10.2 Å². The number of hydrogen-bond donors (Lipinski definition) is 2. The number of benzene rings is 1. The molecule has 1 amide bonds. The second kappa shape index (κ2) is 10.7. The fraction of sp³-hybridized carbons (Fsp3) is 0.556. The summed E-state index contributed by atoms with van der Waals surface area (Å²) >= 11 is 0. The molecule has 0 atom stereocenters. The second-order valence-corrected chi connectivity index (χ2v) is 5.94. The molecule has 7 heteroatoms. The lowest BCUT2D eigenvalue weighted by Gasteiger charge is -2.26. The number of morpholine rings is 1. The van der Waals surface area contributed by atoms with Gasteiger partial charge in [-0.2, -0.15) is 0 Å². The summed E-state index contributed by atoms with van der Waals surface area (Å²) in [6.45, 7) is 5.47. The van der Waals surface area contributed by atoms with Crippen LogP contribution in [-0.4, -0.2) is 67.9 Å². The van der Waals surface area contributed by atoms with Crippen LogP contribution in [0.3, 0.4) is 0 Å². The first-order valence-corrected chi connectivity index (χ1v) is 8.64. The van der Waals surface area contributed by atoms with Crippen molar-refractivity contribution in [3.05, 3.63) is 29.8 Å². The van der Waals surface area contributed by atoms with E-state index in [9.17, 15) is 9.59 Å². The second-order valence-electron chi connectivity index (χ2n) is 5.94. The highest BCUT2D eigenvalue weighted by Crippen LogP contribution is 2.13. The van der Waals surface area contributed by atoms with Gasteiger partial charge in [-0.3, -0.25) is 14.5 Å². The van der Waals surface area contributed by atoms with Gasteiger partial charge in [-0.15, -0.1) is 0 Å². The number of rotatable bonds is 10. The number of nitrogens with zero attached hydrogens (tertiary/aromatic N) is 1. The molecule has 0 aromatic heterocycles. The maximum Gasteiger partial charge on any atom is 0.303 e. The van der Waals surface area contributed by atoms with E-state index in [0.717, 1.165) is 44.2 Å². The van der Waals surface area contributed by atoms with Crippen molar-refractivity contribution in [1.82, 2.24) is 10.2 Å². The first-order chi connectivity index (χ1) is 12.1. The zero-order chi connectivity index (χ0) is 17.9. The highest BCUT2D eigenvalue weighted by atomic mass is 16.5. The van der Waals surface area contributed by atoms with Crippen LogP contribution in [0.25, 0.3) is 0 Å². The van der Waals surface area contributed by atoms with Gasteiger partial charge in [0.15, 0.2) is 0 Å². The minimum atomic E-state index is -0.961. The summed E-state index contributed by atoms with van der Waals surface area (Å²) < 4.78 is 11.1. The van der Waals surface area contributed by atoms with Gasteiger partial charge >= 0.3 is 5.97 Å². The van der Waals surface area contributed by atoms with Gasteiger partial charge < -0.3 is 19.9 Å². The van der Waals surface area contributed by atoms with Crippen LogP contribution >= 0.6 is 0 Å². The van der Waals surface area contributed by atoms with Crippen molar-refractivity contribution in [3.8, 4) is 5.75 Å². The van der Waals surface area contributed by atoms with Gasteiger partial charge in [0.2, 0.25) is 5.91 Å². The number of carbonyl (C=O) groups excluding carboxylic acids is 1. The lowest BCUT2D eigenvalue weighted by Crippen LogP contribution is -2.38. The number of carboxylic acid groups (broad SMARTS) is 1. The van der Waals surface area contributed by atoms with Crippen molar-refractivity contribution in [2.24, 2.45) is 0 Å². The molecule has 1 fully saturated rings. The number of carboxylic acids is 1. The normalized spacial score (nSPS) is 14.9. The summed E-state index contributed by atoms with van der Waals surface area (Å²) in [5, 5.41) is 11.3. The van der Waals surface area contributed by atoms with Gasteiger partial charge in [-0.1, -0.05) is 12.1 Å². The van der Waals surface area contributed by atoms with Crippen LogP contribution in [-0.2, 0) is 20.7 Å². The van der Waals surface area contributed by atoms with E-state index in [1.165, 1.54) is 0 Å². The Kier molecular flexibility index (Phi) is 8.21. The first kappa shape index (κ1) is 19.2. The molecule has 0 unspecified atom stereocenters. The van der Waals surface area contributed by atoms with E-state index < -0.39 is 5.97 Å². The van der Waals surface area contributed by atoms with Crippen molar-refractivity contribution in [2.75, 3.05) is 46.0 Å². The first-order valence-electron chi connectivity index (χ1n) is 8.64. The Morgan fingerprint density at radius 3 is 2.80 bits per heavy atom. The van der Waals surface area contributed by atoms with Crippen LogP contribution in [0.2, 0.25) is 0 Å². The number of amides is 1. The average Bonchev–Trinajstić information content (AvgIpc) is 2.61. The fourth-order valence-corrected chi connectivity index (χ4v) is 2.56. The Labute approximate surface area is 147 Å². The molecular weight excluding hydrogens is 324 g/mol. The molecule has 0 spiro atoms. The maximum atomic E-state index is 11.5. The molecule has 138 valence electrons. The largest absolute Gasteiger partial charge is 0.492 e. The zero-order valence-electron chi connectivity index (χ0n) is 14.4. The molecule has 1 heterocycles. The topological polar surface area (TPSA) is 88.1 Å². The van der Waals surface area contributed by atoms with E-state index in [-0.39, 0.29) is 18.7 Å². The number of carbonyl (C=O) groups is 2. The predicted molar refractivity (Wildman–Crippen MR) is 92.8 cm³/mol. The minimum absolute atomic E-state index is 0.0139. The third-order valence-corrected chi connectivity index (χ3v) is 3.98. The molecule has 1 aliphatic heterocycles. The van der Waals surface area contributed by atoms with Crippen molar-refractivity contribution < 1.29 is 24.2 Å². The van der Waals surface area contributed by atoms with E-state index in [1.807, 2.05) is 24.3 Å². The van der Waals surface area contributed by atoms with Crippen molar-refractivity contribution in [2.45, 2.75) is 19.3 Å². The smallest absolute Gasteiger partial charge is 0.303 e. The Morgan fingerprint density at radius 2 is 2.04 bits per heavy atom. The highest BCUT2D eigenvalue weighted by Gasteiger charge is 2.10. The predicted octanol–water partition coefficient (Wildman–Crippen LogP) is 0.921. The van der Waals surface area contributed by atoms with Gasteiger partial charge in [0.1, 0.15) is 12.4 Å². The molecule has 0 aliphatic carbocycles. The molecule has 0 saturated carbocycles. The van der Waals surface area contributed by atoms with Gasteiger partial charge in [-0.25, -0.2) is 0 Å². The summed E-state index contributed by atoms with van der Waals surface area (Å²) in [6, 6.07) is 7.82. The van der Waals surface area contributed by atoms with E-state index >= 15 is 0 Å². The summed E-state index contributed by atoms with van der Waals surface area (Å²) in [4.78, 5) is 24.2. The van der Waals surface area contributed by atoms with Gasteiger partial charge in [0.25, 0.3) is 0 Å². The van der Waals surface area contributed by atoms with Crippen LogP contribution in [0.15, 0.2) is 24.3 Å². The molecule has 1 aliphatic rings. The minimum Gasteiger partial charge on any atom is -0.492 e. The average molecular weight is 350 g/mol. The third kappa shape index (κ3) is 8.00. The van der Waals surface area contributed by atoms with Crippen LogP contribution in [0.5, 0.6) is 5.75 Å². The lowest BCUT2D eigenvalue weighted by atomic mass is 10.1. The molecule has 25 heavy (non-hydrogen) atoms. The van der Waals surface area contributed by atoms with Crippen LogP contribution in [0.1, 0.15) is 18.4 Å². The molecule has 0 bridgehead atoms. The van der Waals surface area contributed by atoms with E-state index in [1.54, 1.807) is 0 Å². The highest BCUT2D eigenvalue weighted by molar-refractivity contribution is 5.80. The van der Waals surface area contributed by atoms with E-state index in [0.29, 0.717) is 19.6 Å². The summed E-state index contributed by atoms with van der Waals surface area (Å²) in [7, 11) is 0. The quantitative estimate of drug-likeness (QED) is 0.652. The molecule has 7 nitrogen and oxygen atoms in total. The Hall–Kier alpha value is -2.12. The van der Waals surface area contributed by atoms with E-state index in [4.69, 9.17) is 14.6 Å². The van der Waals surface area contributed by atoms with Crippen LogP contribution in [0.4, 0.5) is 0 Å². The molecule has 0 radical (unpaired) electrons. The third-order valence-electron chi connectivity index (χ3n) is 3.98. The number of ether oxygens (including phenoxy) is 2. The molecular formula is C18H26N2O5. The zero-order valence-corrected chi connectivity index (χ0v) is 14.4. The Morgan fingerprint density at radius 1 is 1.24 bits per heavy atom. The number of nitrogens with one attached hydrogen (secondary N) is 1. The summed E-state index contributed by atoms with van der Waals surface area (Å²) in [5.41, 5.74) is 1.07. The summed E-state index contributed by atoms with van der Waals surface area (Å²) in [5.74, 6) is -0.375. The van der Waals surface area contributed by atoms with Gasteiger partial charge in [0.05, 0.1) is 19.6 Å². The van der Waals surface area contributed by atoms with Crippen molar-refractivity contribution in [3.63, 3.8) is 0 Å². The fourth-order valence-electron chi connectivity index (χ4n) is 2.56. The van der Waals surface area contributed by atoms with Crippen molar-refractivity contribution >= 4 is 11.9 Å².